The number of carbonyl (C=O) groups is 1. The highest BCUT2D eigenvalue weighted by molar-refractivity contribution is 5.76. The van der Waals surface area contributed by atoms with Crippen molar-refractivity contribution >= 4 is 11.7 Å². The van der Waals surface area contributed by atoms with E-state index in [2.05, 4.69) is 26.7 Å². The molecule has 34 heavy (non-hydrogen) atoms. The van der Waals surface area contributed by atoms with Crippen LogP contribution in [0.15, 0.2) is 59.0 Å². The summed E-state index contributed by atoms with van der Waals surface area (Å²) in [7, 11) is 0. The predicted molar refractivity (Wildman–Crippen MR) is 122 cm³/mol. The van der Waals surface area contributed by atoms with Crippen LogP contribution in [0.25, 0.3) is 17.1 Å². The summed E-state index contributed by atoms with van der Waals surface area (Å²) in [4.78, 5) is 12.2. The largest absolute Gasteiger partial charge is 0.421 e. The molecule has 4 rings (SSSR count). The summed E-state index contributed by atoms with van der Waals surface area (Å²) in [6.45, 7) is 0.409. The smallest absolute Gasteiger partial charge is 0.247 e. The van der Waals surface area contributed by atoms with Crippen LogP contribution in [0.2, 0.25) is 0 Å². The van der Waals surface area contributed by atoms with Gasteiger partial charge in [-0.25, -0.2) is 9.07 Å². The molecule has 1 amide bonds. The van der Waals surface area contributed by atoms with Gasteiger partial charge in [-0.2, -0.15) is 10.4 Å². The predicted octanol–water partition coefficient (Wildman–Crippen LogP) is 3.20. The van der Waals surface area contributed by atoms with Crippen LogP contribution in [0.5, 0.6) is 0 Å². The molecule has 0 atom stereocenters. The maximum atomic E-state index is 13.2. The quantitative estimate of drug-likeness (QED) is 0.367. The van der Waals surface area contributed by atoms with E-state index in [0.29, 0.717) is 49.0 Å². The van der Waals surface area contributed by atoms with E-state index in [0.717, 1.165) is 5.56 Å². The van der Waals surface area contributed by atoms with Gasteiger partial charge in [-0.1, -0.05) is 18.2 Å². The number of aromatic nitrogens is 4. The van der Waals surface area contributed by atoms with E-state index in [1.807, 2.05) is 30.3 Å². The van der Waals surface area contributed by atoms with E-state index in [1.54, 1.807) is 0 Å². The Kier molecular flexibility index (Phi) is 6.93. The van der Waals surface area contributed by atoms with Crippen molar-refractivity contribution in [2.75, 3.05) is 12.3 Å². The van der Waals surface area contributed by atoms with Gasteiger partial charge in [0.25, 0.3) is 0 Å². The van der Waals surface area contributed by atoms with Gasteiger partial charge in [0.15, 0.2) is 0 Å². The minimum Gasteiger partial charge on any atom is -0.421 e. The van der Waals surface area contributed by atoms with Gasteiger partial charge >= 0.3 is 0 Å². The fourth-order valence-electron chi connectivity index (χ4n) is 3.40. The molecule has 0 aliphatic rings. The average molecular weight is 459 g/mol. The number of rotatable bonds is 9. The number of benzene rings is 2. The molecule has 0 saturated carbocycles. The Morgan fingerprint density at radius 3 is 2.62 bits per heavy atom. The maximum Gasteiger partial charge on any atom is 0.247 e. The number of nitriles is 1. The summed E-state index contributed by atoms with van der Waals surface area (Å²) in [5, 5.41) is 24.7. The van der Waals surface area contributed by atoms with Crippen molar-refractivity contribution in [2.45, 2.75) is 25.7 Å². The van der Waals surface area contributed by atoms with E-state index in [9.17, 15) is 14.4 Å². The van der Waals surface area contributed by atoms with Gasteiger partial charge in [0.2, 0.25) is 17.7 Å². The Bertz CT molecular complexity index is 1310. The third kappa shape index (κ3) is 5.27. The number of halogens is 1. The molecule has 0 spiro atoms. The molecule has 3 N–H and O–H groups in total. The van der Waals surface area contributed by atoms with Crippen molar-refractivity contribution in [3.63, 3.8) is 0 Å². The highest BCUT2D eigenvalue weighted by atomic mass is 19.1. The van der Waals surface area contributed by atoms with E-state index < -0.39 is 0 Å². The molecule has 0 aliphatic carbocycles. The van der Waals surface area contributed by atoms with Crippen LogP contribution in [0.1, 0.15) is 30.0 Å². The SMILES string of the molecule is N#Cc1c(CCCNC(=O)CCc2nnc(-c3ccccc3)o2)nn(-c2ccc(F)cc2)c1N. The lowest BCUT2D eigenvalue weighted by Crippen LogP contribution is -2.25. The van der Waals surface area contributed by atoms with Crippen LogP contribution in [-0.4, -0.2) is 32.4 Å². The summed E-state index contributed by atoms with van der Waals surface area (Å²) in [6, 6.07) is 17.2. The number of nitrogen functional groups attached to an aromatic ring is 1. The van der Waals surface area contributed by atoms with E-state index in [-0.39, 0.29) is 29.5 Å². The molecule has 0 radical (unpaired) electrons. The zero-order valence-electron chi connectivity index (χ0n) is 18.2. The third-order valence-corrected chi connectivity index (χ3v) is 5.14. The second-order valence-corrected chi connectivity index (χ2v) is 7.53. The lowest BCUT2D eigenvalue weighted by atomic mass is 10.1. The van der Waals surface area contributed by atoms with Crippen LogP contribution >= 0.6 is 0 Å². The zero-order chi connectivity index (χ0) is 23.9. The molecule has 4 aromatic rings. The molecule has 0 unspecified atom stereocenters. The summed E-state index contributed by atoms with van der Waals surface area (Å²) >= 11 is 0. The molecule has 2 aromatic heterocycles. The van der Waals surface area contributed by atoms with Crippen LogP contribution in [0, 0.1) is 17.1 Å². The number of aryl methyl sites for hydroxylation is 2. The maximum absolute atomic E-state index is 13.2. The van der Waals surface area contributed by atoms with Crippen molar-refractivity contribution < 1.29 is 13.6 Å². The molecule has 10 heteroatoms. The van der Waals surface area contributed by atoms with E-state index >= 15 is 0 Å². The normalized spacial score (nSPS) is 10.7. The fraction of sp³-hybridized carbons (Fsp3) is 0.208. The Hall–Kier alpha value is -4.52. The Morgan fingerprint density at radius 1 is 1.12 bits per heavy atom. The van der Waals surface area contributed by atoms with Crippen LogP contribution in [0.4, 0.5) is 10.2 Å². The summed E-state index contributed by atoms with van der Waals surface area (Å²) < 4.78 is 20.2. The van der Waals surface area contributed by atoms with Crippen molar-refractivity contribution in [3.8, 4) is 23.2 Å². The van der Waals surface area contributed by atoms with E-state index in [1.165, 1.54) is 28.9 Å². The average Bonchev–Trinajstić information content (AvgIpc) is 3.46. The number of nitrogens with two attached hydrogens (primary N) is 1. The van der Waals surface area contributed by atoms with Crippen molar-refractivity contribution in [1.82, 2.24) is 25.3 Å². The van der Waals surface area contributed by atoms with Crippen molar-refractivity contribution in [2.24, 2.45) is 0 Å². The molecule has 0 bridgehead atoms. The third-order valence-electron chi connectivity index (χ3n) is 5.14. The number of hydrogen-bond acceptors (Lipinski definition) is 7. The Morgan fingerprint density at radius 2 is 1.88 bits per heavy atom. The lowest BCUT2D eigenvalue weighted by molar-refractivity contribution is -0.121. The molecular weight excluding hydrogens is 437 g/mol. The molecule has 172 valence electrons. The Labute approximate surface area is 195 Å². The second kappa shape index (κ2) is 10.4. The minimum atomic E-state index is -0.373. The molecule has 0 fully saturated rings. The molecule has 2 aromatic carbocycles. The number of amides is 1. The number of anilines is 1. The molecule has 0 aliphatic heterocycles. The molecule has 9 nitrogen and oxygen atoms in total. The lowest BCUT2D eigenvalue weighted by Gasteiger charge is -2.04. The standard InChI is InChI=1S/C24H22FN7O2/c25-17-8-10-18(11-9-17)32-23(27)19(15-26)20(31-32)7-4-14-28-21(33)12-13-22-29-30-24(34-22)16-5-2-1-3-6-16/h1-3,5-6,8-11H,4,7,12-14,27H2,(H,28,33). The first-order valence-corrected chi connectivity index (χ1v) is 10.7. The van der Waals surface area contributed by atoms with Crippen LogP contribution < -0.4 is 11.1 Å². The van der Waals surface area contributed by atoms with Gasteiger partial charge in [-0.05, 0) is 49.2 Å². The van der Waals surface area contributed by atoms with Crippen molar-refractivity contribution in [1.29, 1.82) is 5.26 Å². The first kappa shape index (κ1) is 22.7. The number of nitrogens with one attached hydrogen (secondary N) is 1. The number of carbonyl (C=O) groups excluding carboxylic acids is 1. The Balaban J connectivity index is 1.25. The van der Waals surface area contributed by atoms with Gasteiger partial charge in [-0.3, -0.25) is 4.79 Å². The first-order chi connectivity index (χ1) is 16.5. The number of hydrogen-bond donors (Lipinski definition) is 2. The molecule has 0 saturated heterocycles. The molecule has 2 heterocycles. The van der Waals surface area contributed by atoms with Gasteiger partial charge in [0.1, 0.15) is 23.3 Å². The minimum absolute atomic E-state index is 0.142. The zero-order valence-corrected chi connectivity index (χ0v) is 18.2. The number of nitrogens with zero attached hydrogens (tertiary/aromatic N) is 5. The van der Waals surface area contributed by atoms with Gasteiger partial charge in [0, 0.05) is 24.9 Å². The fourth-order valence-corrected chi connectivity index (χ4v) is 3.40. The van der Waals surface area contributed by atoms with E-state index in [4.69, 9.17) is 10.2 Å². The van der Waals surface area contributed by atoms with Crippen LogP contribution in [0.3, 0.4) is 0 Å². The van der Waals surface area contributed by atoms with Gasteiger partial charge in [0.05, 0.1) is 11.4 Å². The van der Waals surface area contributed by atoms with Crippen molar-refractivity contribution in [3.05, 3.63) is 77.6 Å². The molecular formula is C24H22FN7O2. The van der Waals surface area contributed by atoms with Gasteiger partial charge in [-0.15, -0.1) is 10.2 Å². The highest BCUT2D eigenvalue weighted by Crippen LogP contribution is 2.22. The summed E-state index contributed by atoms with van der Waals surface area (Å²) in [5.74, 6) is 0.499. The van der Waals surface area contributed by atoms with Crippen LogP contribution in [-0.2, 0) is 17.6 Å². The second-order valence-electron chi connectivity index (χ2n) is 7.53. The highest BCUT2D eigenvalue weighted by Gasteiger charge is 2.16. The summed E-state index contributed by atoms with van der Waals surface area (Å²) in [6.07, 6.45) is 1.57. The summed E-state index contributed by atoms with van der Waals surface area (Å²) in [5.41, 5.74) is 8.26. The monoisotopic (exact) mass is 459 g/mol. The van der Waals surface area contributed by atoms with Gasteiger partial charge < -0.3 is 15.5 Å². The first-order valence-electron chi connectivity index (χ1n) is 10.7. The topological polar surface area (TPSA) is 136 Å².